The third-order valence-corrected chi connectivity index (χ3v) is 3.14. The molecule has 2 aliphatic rings. The van der Waals surface area contributed by atoms with E-state index in [0.717, 1.165) is 25.9 Å². The molecule has 2 aliphatic heterocycles. The van der Waals surface area contributed by atoms with Crippen molar-refractivity contribution in [1.82, 2.24) is 10.2 Å². The number of carbonyl (C=O) groups excluding carboxylic acids is 2. The molecule has 2 fully saturated rings. The Kier molecular flexibility index (Phi) is 2.21. The van der Waals surface area contributed by atoms with Gasteiger partial charge in [0, 0.05) is 26.1 Å². The fourth-order valence-electron chi connectivity index (χ4n) is 2.23. The molecule has 78 valence electrons. The van der Waals surface area contributed by atoms with Crippen LogP contribution in [0.1, 0.15) is 26.2 Å². The van der Waals surface area contributed by atoms with E-state index in [4.69, 9.17) is 0 Å². The summed E-state index contributed by atoms with van der Waals surface area (Å²) in [5.41, 5.74) is -0.485. The molecule has 14 heavy (non-hydrogen) atoms. The lowest BCUT2D eigenvalue weighted by molar-refractivity contribution is -0.140. The average molecular weight is 196 g/mol. The summed E-state index contributed by atoms with van der Waals surface area (Å²) in [5.74, 6) is 0.147. The Balaban J connectivity index is 2.06. The first-order valence-corrected chi connectivity index (χ1v) is 5.18. The minimum Gasteiger partial charge on any atom is -0.355 e. The Hall–Kier alpha value is -1.06. The number of hydrogen-bond acceptors (Lipinski definition) is 2. The van der Waals surface area contributed by atoms with E-state index in [9.17, 15) is 9.59 Å². The van der Waals surface area contributed by atoms with Crippen LogP contribution in [0.25, 0.3) is 0 Å². The van der Waals surface area contributed by atoms with Gasteiger partial charge in [-0.1, -0.05) is 0 Å². The van der Waals surface area contributed by atoms with Gasteiger partial charge in [0.1, 0.15) is 0 Å². The minimum absolute atomic E-state index is 0.0000435. The van der Waals surface area contributed by atoms with Crippen LogP contribution < -0.4 is 5.32 Å². The largest absolute Gasteiger partial charge is 0.355 e. The van der Waals surface area contributed by atoms with E-state index in [1.54, 1.807) is 0 Å². The van der Waals surface area contributed by atoms with Crippen LogP contribution in [0.5, 0.6) is 0 Å². The summed E-state index contributed by atoms with van der Waals surface area (Å²) in [6.07, 6.45) is 2.55. The van der Waals surface area contributed by atoms with E-state index in [1.807, 2.05) is 11.8 Å². The highest BCUT2D eigenvalue weighted by molar-refractivity contribution is 5.92. The maximum absolute atomic E-state index is 12.0. The molecule has 0 radical (unpaired) electrons. The van der Waals surface area contributed by atoms with Gasteiger partial charge >= 0.3 is 0 Å². The molecule has 2 heterocycles. The molecule has 1 N–H and O–H groups in total. The predicted molar refractivity (Wildman–Crippen MR) is 51.5 cm³/mol. The zero-order chi connectivity index (χ0) is 10.2. The number of rotatable bonds is 1. The van der Waals surface area contributed by atoms with Crippen LogP contribution in [-0.4, -0.2) is 36.3 Å². The topological polar surface area (TPSA) is 49.4 Å². The Morgan fingerprint density at radius 3 is 2.57 bits per heavy atom. The number of nitrogens with one attached hydrogen (secondary N) is 1. The lowest BCUT2D eigenvalue weighted by Gasteiger charge is -2.26. The van der Waals surface area contributed by atoms with Crippen LogP contribution in [-0.2, 0) is 9.59 Å². The second-order valence-electron chi connectivity index (χ2n) is 4.51. The van der Waals surface area contributed by atoms with Crippen molar-refractivity contribution in [2.24, 2.45) is 5.41 Å². The highest BCUT2D eigenvalue weighted by Crippen LogP contribution is 2.29. The average Bonchev–Trinajstić information content (AvgIpc) is 2.75. The molecule has 0 spiro atoms. The van der Waals surface area contributed by atoms with Gasteiger partial charge in [0.2, 0.25) is 11.8 Å². The molecule has 0 aromatic heterocycles. The van der Waals surface area contributed by atoms with Crippen molar-refractivity contribution in [2.45, 2.75) is 26.2 Å². The van der Waals surface area contributed by atoms with E-state index >= 15 is 0 Å². The molecule has 2 amide bonds. The summed E-state index contributed by atoms with van der Waals surface area (Å²) in [6, 6.07) is 0. The fraction of sp³-hybridized carbons (Fsp3) is 0.800. The molecular formula is C10H16N2O2. The van der Waals surface area contributed by atoms with Gasteiger partial charge in [0.15, 0.2) is 0 Å². The standard InChI is InChI=1S/C10H16N2O2/c1-10(6-8(13)11-7-10)9(14)12-4-2-3-5-12/h2-7H2,1H3,(H,11,13). The minimum atomic E-state index is -0.485. The molecule has 0 aromatic carbocycles. The van der Waals surface area contributed by atoms with Gasteiger partial charge in [0.05, 0.1) is 5.41 Å². The van der Waals surface area contributed by atoms with Crippen molar-refractivity contribution < 1.29 is 9.59 Å². The second-order valence-corrected chi connectivity index (χ2v) is 4.51. The number of carbonyl (C=O) groups is 2. The van der Waals surface area contributed by atoms with E-state index in [0.29, 0.717) is 13.0 Å². The summed E-state index contributed by atoms with van der Waals surface area (Å²) in [4.78, 5) is 25.0. The highest BCUT2D eigenvalue weighted by Gasteiger charge is 2.43. The van der Waals surface area contributed by atoms with Crippen molar-refractivity contribution in [2.75, 3.05) is 19.6 Å². The molecular weight excluding hydrogens is 180 g/mol. The lowest BCUT2D eigenvalue weighted by Crippen LogP contribution is -2.42. The van der Waals surface area contributed by atoms with Crippen LogP contribution in [0, 0.1) is 5.41 Å². The summed E-state index contributed by atoms with van der Waals surface area (Å²) in [5, 5.41) is 2.73. The van der Waals surface area contributed by atoms with Crippen molar-refractivity contribution in [3.8, 4) is 0 Å². The zero-order valence-corrected chi connectivity index (χ0v) is 8.51. The maximum Gasteiger partial charge on any atom is 0.230 e. The molecule has 2 saturated heterocycles. The maximum atomic E-state index is 12.0. The molecule has 0 aromatic rings. The molecule has 4 nitrogen and oxygen atoms in total. The van der Waals surface area contributed by atoms with Crippen molar-refractivity contribution in [3.63, 3.8) is 0 Å². The van der Waals surface area contributed by atoms with Crippen molar-refractivity contribution >= 4 is 11.8 Å². The fourth-order valence-corrected chi connectivity index (χ4v) is 2.23. The number of nitrogens with zero attached hydrogens (tertiary/aromatic N) is 1. The van der Waals surface area contributed by atoms with Gasteiger partial charge in [-0.2, -0.15) is 0 Å². The van der Waals surface area contributed by atoms with Gasteiger partial charge in [-0.25, -0.2) is 0 Å². The molecule has 0 bridgehead atoms. The first kappa shape index (κ1) is 9.49. The predicted octanol–water partition coefficient (Wildman–Crippen LogP) is 0.135. The quantitative estimate of drug-likeness (QED) is 0.648. The van der Waals surface area contributed by atoms with E-state index in [-0.39, 0.29) is 11.8 Å². The lowest BCUT2D eigenvalue weighted by atomic mass is 9.88. The van der Waals surface area contributed by atoms with Gasteiger partial charge in [-0.15, -0.1) is 0 Å². The summed E-state index contributed by atoms with van der Waals surface area (Å²) in [7, 11) is 0. The molecule has 1 unspecified atom stereocenters. The van der Waals surface area contributed by atoms with Gasteiger partial charge < -0.3 is 10.2 Å². The molecule has 0 saturated carbocycles. The zero-order valence-electron chi connectivity index (χ0n) is 8.51. The van der Waals surface area contributed by atoms with E-state index in [1.165, 1.54) is 0 Å². The summed E-state index contributed by atoms with van der Waals surface area (Å²) in [6.45, 7) is 4.11. The molecule has 0 aliphatic carbocycles. The third-order valence-electron chi connectivity index (χ3n) is 3.14. The number of amides is 2. The van der Waals surface area contributed by atoms with E-state index < -0.39 is 5.41 Å². The first-order valence-electron chi connectivity index (χ1n) is 5.18. The van der Waals surface area contributed by atoms with Crippen molar-refractivity contribution in [3.05, 3.63) is 0 Å². The third kappa shape index (κ3) is 1.49. The van der Waals surface area contributed by atoms with Gasteiger partial charge in [-0.05, 0) is 19.8 Å². The highest BCUT2D eigenvalue weighted by atomic mass is 16.2. The Morgan fingerprint density at radius 2 is 2.07 bits per heavy atom. The molecule has 2 rings (SSSR count). The summed E-state index contributed by atoms with van der Waals surface area (Å²) < 4.78 is 0. The van der Waals surface area contributed by atoms with Gasteiger partial charge in [-0.3, -0.25) is 9.59 Å². The monoisotopic (exact) mass is 196 g/mol. The number of hydrogen-bond donors (Lipinski definition) is 1. The Bertz CT molecular complexity index is 271. The van der Waals surface area contributed by atoms with Crippen LogP contribution in [0.3, 0.4) is 0 Å². The normalized spacial score (nSPS) is 32.1. The van der Waals surface area contributed by atoms with Crippen LogP contribution in [0.15, 0.2) is 0 Å². The molecule has 1 atom stereocenters. The van der Waals surface area contributed by atoms with Crippen LogP contribution in [0.2, 0.25) is 0 Å². The van der Waals surface area contributed by atoms with Crippen LogP contribution in [0.4, 0.5) is 0 Å². The SMILES string of the molecule is CC1(C(=O)N2CCCC2)CNC(=O)C1. The van der Waals surface area contributed by atoms with Crippen LogP contribution >= 0.6 is 0 Å². The first-order chi connectivity index (χ1) is 6.62. The Labute approximate surface area is 83.6 Å². The Morgan fingerprint density at radius 1 is 1.43 bits per heavy atom. The summed E-state index contributed by atoms with van der Waals surface area (Å²) >= 11 is 0. The smallest absolute Gasteiger partial charge is 0.230 e. The molecule has 4 heteroatoms. The van der Waals surface area contributed by atoms with Crippen molar-refractivity contribution in [1.29, 1.82) is 0 Å². The van der Waals surface area contributed by atoms with E-state index in [2.05, 4.69) is 5.32 Å². The number of likely N-dealkylation sites (tertiary alicyclic amines) is 1. The second kappa shape index (κ2) is 3.26. The van der Waals surface area contributed by atoms with Gasteiger partial charge in [0.25, 0.3) is 0 Å².